The normalized spacial score (nSPS) is 12.1. The second-order valence-corrected chi connectivity index (χ2v) is 3.35. The number of aromatic carboxylic acids is 1. The van der Waals surface area contributed by atoms with E-state index >= 15 is 0 Å². The number of aromatic nitrogens is 1. The van der Waals surface area contributed by atoms with E-state index in [2.05, 4.69) is 0 Å². The Morgan fingerprint density at radius 1 is 1.56 bits per heavy atom. The van der Waals surface area contributed by atoms with Crippen molar-refractivity contribution in [1.82, 2.24) is 0 Å². The number of pyridine rings is 1. The van der Waals surface area contributed by atoms with Crippen LogP contribution in [0.15, 0.2) is 24.5 Å². The monoisotopic (exact) mass is 224 g/mol. The van der Waals surface area contributed by atoms with E-state index in [1.165, 1.54) is 12.3 Å². The van der Waals surface area contributed by atoms with Crippen molar-refractivity contribution in [2.24, 2.45) is 5.73 Å². The Morgan fingerprint density at radius 3 is 2.81 bits per heavy atom. The smallest absolute Gasteiger partial charge is 0.320 e. The first-order valence-electron chi connectivity index (χ1n) is 4.69. The first kappa shape index (κ1) is 12.1. The highest BCUT2D eigenvalue weighted by Crippen LogP contribution is 1.93. The molecule has 0 saturated carbocycles. The van der Waals surface area contributed by atoms with E-state index in [9.17, 15) is 14.7 Å². The molecule has 0 aromatic carbocycles. The fourth-order valence-corrected chi connectivity index (χ4v) is 1.19. The van der Waals surface area contributed by atoms with Crippen LogP contribution in [0.4, 0.5) is 0 Å². The van der Waals surface area contributed by atoms with Crippen molar-refractivity contribution in [3.63, 3.8) is 0 Å². The van der Waals surface area contributed by atoms with Gasteiger partial charge in [-0.3, -0.25) is 4.79 Å². The van der Waals surface area contributed by atoms with E-state index in [4.69, 9.17) is 10.8 Å². The molecule has 1 aromatic heterocycles. The van der Waals surface area contributed by atoms with Crippen molar-refractivity contribution in [3.8, 4) is 0 Å². The standard InChI is InChI=1S/C10H12N2O4/c11-8(10(15)16)3-5-12-4-1-2-7(6-12)9(13)14/h1-2,4,6,8H,3,5,11H2,(H-,13,14,15,16)/t8-/m0/s1. The van der Waals surface area contributed by atoms with Crippen LogP contribution in [0.3, 0.4) is 0 Å². The number of aryl methyl sites for hydroxylation is 1. The van der Waals surface area contributed by atoms with Crippen molar-refractivity contribution < 1.29 is 24.4 Å². The number of hydrogen-bond donors (Lipinski definition) is 2. The first-order chi connectivity index (χ1) is 7.50. The van der Waals surface area contributed by atoms with Crippen molar-refractivity contribution in [2.45, 2.75) is 19.0 Å². The Balaban J connectivity index is 2.64. The maximum Gasteiger partial charge on any atom is 0.320 e. The number of carbonyl (C=O) groups is 2. The molecule has 0 aliphatic heterocycles. The third kappa shape index (κ3) is 3.32. The molecule has 0 bridgehead atoms. The average Bonchev–Trinajstić information content (AvgIpc) is 2.26. The van der Waals surface area contributed by atoms with Crippen molar-refractivity contribution in [3.05, 3.63) is 30.1 Å². The van der Waals surface area contributed by atoms with Crippen molar-refractivity contribution in [1.29, 1.82) is 0 Å². The van der Waals surface area contributed by atoms with Crippen molar-refractivity contribution >= 4 is 11.9 Å². The molecule has 3 N–H and O–H groups in total. The maximum atomic E-state index is 10.6. The van der Waals surface area contributed by atoms with Crippen LogP contribution in [-0.4, -0.2) is 23.1 Å². The molecule has 0 radical (unpaired) electrons. The predicted molar refractivity (Wildman–Crippen MR) is 51.2 cm³/mol. The highest BCUT2D eigenvalue weighted by Gasteiger charge is 2.13. The van der Waals surface area contributed by atoms with E-state index in [0.717, 1.165) is 0 Å². The summed E-state index contributed by atoms with van der Waals surface area (Å²) in [4.78, 5) is 21.0. The van der Waals surface area contributed by atoms with Crippen LogP contribution in [0.25, 0.3) is 0 Å². The molecule has 1 heterocycles. The second-order valence-electron chi connectivity index (χ2n) is 3.35. The summed E-state index contributed by atoms with van der Waals surface area (Å²) in [5.74, 6) is -2.34. The van der Waals surface area contributed by atoms with Crippen LogP contribution in [0.5, 0.6) is 0 Å². The molecule has 1 rings (SSSR count). The Labute approximate surface area is 91.9 Å². The van der Waals surface area contributed by atoms with Gasteiger partial charge in [-0.05, 0) is 6.07 Å². The molecule has 1 atom stereocenters. The molecule has 0 fully saturated rings. The molecule has 0 unspecified atom stereocenters. The van der Waals surface area contributed by atoms with Crippen LogP contribution in [-0.2, 0) is 11.3 Å². The lowest BCUT2D eigenvalue weighted by atomic mass is 10.2. The van der Waals surface area contributed by atoms with Gasteiger partial charge in [-0.25, -0.2) is 4.57 Å². The zero-order chi connectivity index (χ0) is 12.1. The van der Waals surface area contributed by atoms with Gasteiger partial charge < -0.3 is 20.7 Å². The molecule has 6 heteroatoms. The first-order valence-corrected chi connectivity index (χ1v) is 4.69. The number of carboxylic acids is 2. The number of hydrogen-bond acceptors (Lipinski definition) is 4. The summed E-state index contributed by atoms with van der Waals surface area (Å²) in [5, 5.41) is 19.1. The highest BCUT2D eigenvalue weighted by molar-refractivity contribution is 5.84. The lowest BCUT2D eigenvalue weighted by molar-refractivity contribution is -0.697. The summed E-state index contributed by atoms with van der Waals surface area (Å²) in [5.41, 5.74) is 5.37. The molecule has 16 heavy (non-hydrogen) atoms. The minimum atomic E-state index is -1.27. The summed E-state index contributed by atoms with van der Waals surface area (Å²) < 4.78 is 1.56. The van der Waals surface area contributed by atoms with Crippen molar-refractivity contribution in [2.75, 3.05) is 0 Å². The predicted octanol–water partition coefficient (Wildman–Crippen LogP) is -1.86. The van der Waals surface area contributed by atoms with Crippen LogP contribution < -0.4 is 15.4 Å². The number of nitrogens with zero attached hydrogens (tertiary/aromatic N) is 1. The van der Waals surface area contributed by atoms with Gasteiger partial charge in [-0.1, -0.05) is 0 Å². The summed E-state index contributed by atoms with van der Waals surface area (Å²) in [6.45, 7) is 0.342. The zero-order valence-corrected chi connectivity index (χ0v) is 8.50. The van der Waals surface area contributed by atoms with Gasteiger partial charge >= 0.3 is 5.97 Å². The van der Waals surface area contributed by atoms with Gasteiger partial charge in [0.2, 0.25) is 0 Å². The molecule has 1 aromatic rings. The number of carbonyl (C=O) groups excluding carboxylic acids is 1. The van der Waals surface area contributed by atoms with Crippen LogP contribution in [0, 0.1) is 0 Å². The summed E-state index contributed by atoms with van der Waals surface area (Å²) >= 11 is 0. The molecule has 0 aliphatic rings. The highest BCUT2D eigenvalue weighted by atomic mass is 16.4. The van der Waals surface area contributed by atoms with E-state index in [1.54, 1.807) is 16.8 Å². The van der Waals surface area contributed by atoms with E-state index in [0.29, 0.717) is 6.54 Å². The molecule has 0 aliphatic carbocycles. The Bertz CT molecular complexity index is 406. The third-order valence-electron chi connectivity index (χ3n) is 2.11. The number of rotatable bonds is 5. The van der Waals surface area contributed by atoms with Gasteiger partial charge in [0.1, 0.15) is 6.04 Å². The Hall–Kier alpha value is -1.95. The lowest BCUT2D eigenvalue weighted by Crippen LogP contribution is -2.40. The molecule has 86 valence electrons. The van der Waals surface area contributed by atoms with Gasteiger partial charge in [0, 0.05) is 12.5 Å². The molecule has 6 nitrogen and oxygen atoms in total. The Kier molecular flexibility index (Phi) is 3.96. The summed E-state index contributed by atoms with van der Waals surface area (Å²) in [6, 6.07) is 2.01. The fourth-order valence-electron chi connectivity index (χ4n) is 1.19. The minimum absolute atomic E-state index is 0.0476. The van der Waals surface area contributed by atoms with E-state index in [1.807, 2.05) is 0 Å². The SMILES string of the molecule is N[C@@H](CC[n+]1cccc(C(=O)[O-])c1)C(=O)O. The topological polar surface area (TPSA) is 107 Å². The van der Waals surface area contributed by atoms with E-state index in [-0.39, 0.29) is 12.0 Å². The second kappa shape index (κ2) is 5.22. The number of aliphatic carboxylic acids is 1. The largest absolute Gasteiger partial charge is 0.545 e. The van der Waals surface area contributed by atoms with Crippen LogP contribution >= 0.6 is 0 Å². The molecule has 0 spiro atoms. The van der Waals surface area contributed by atoms with Gasteiger partial charge in [-0.2, -0.15) is 0 Å². The number of nitrogens with two attached hydrogens (primary N) is 1. The quantitative estimate of drug-likeness (QED) is 0.570. The van der Waals surface area contributed by atoms with Gasteiger partial charge in [0.05, 0.1) is 11.5 Å². The van der Waals surface area contributed by atoms with Crippen LogP contribution in [0.1, 0.15) is 16.8 Å². The van der Waals surface area contributed by atoms with Gasteiger partial charge in [0.15, 0.2) is 18.9 Å². The lowest BCUT2D eigenvalue weighted by Gasteiger charge is -2.04. The maximum absolute atomic E-state index is 10.6. The third-order valence-corrected chi connectivity index (χ3v) is 2.11. The average molecular weight is 224 g/mol. The number of carboxylic acid groups (broad SMARTS) is 2. The van der Waals surface area contributed by atoms with Crippen LogP contribution in [0.2, 0.25) is 0 Å². The molecular formula is C10H12N2O4. The molecule has 0 amide bonds. The molecular weight excluding hydrogens is 212 g/mol. The summed E-state index contributed by atoms with van der Waals surface area (Å²) in [7, 11) is 0. The Morgan fingerprint density at radius 2 is 2.25 bits per heavy atom. The minimum Gasteiger partial charge on any atom is -0.545 e. The summed E-state index contributed by atoms with van der Waals surface area (Å²) in [6.07, 6.45) is 3.25. The fraction of sp³-hybridized carbons (Fsp3) is 0.300. The zero-order valence-electron chi connectivity index (χ0n) is 8.50. The molecule has 0 saturated heterocycles. The van der Waals surface area contributed by atoms with Gasteiger partial charge in [-0.15, -0.1) is 0 Å². The van der Waals surface area contributed by atoms with E-state index < -0.39 is 18.0 Å². The van der Waals surface area contributed by atoms with Gasteiger partial charge in [0.25, 0.3) is 0 Å².